The largest absolute Gasteiger partial charge is 0.356 e. The third kappa shape index (κ3) is 2.04. The van der Waals surface area contributed by atoms with E-state index in [0.717, 1.165) is 36.1 Å². The number of hydrogen-bond acceptors (Lipinski definition) is 3. The summed E-state index contributed by atoms with van der Waals surface area (Å²) in [6.07, 6.45) is 2.97. The van der Waals surface area contributed by atoms with Crippen molar-refractivity contribution in [3.05, 3.63) is 34.2 Å². The lowest BCUT2D eigenvalue weighted by Crippen LogP contribution is -2.05. The Kier molecular flexibility index (Phi) is 2.87. The average Bonchev–Trinajstić information content (AvgIpc) is 2.70. The van der Waals surface area contributed by atoms with Crippen LogP contribution in [0.3, 0.4) is 0 Å². The highest BCUT2D eigenvalue weighted by Crippen LogP contribution is 2.38. The van der Waals surface area contributed by atoms with E-state index in [1.165, 1.54) is 10.9 Å². The van der Waals surface area contributed by atoms with E-state index in [2.05, 4.69) is 4.98 Å². The van der Waals surface area contributed by atoms with Crippen molar-refractivity contribution >= 4 is 24.2 Å². The highest BCUT2D eigenvalue weighted by Gasteiger charge is 2.22. The maximum atomic E-state index is 11.3. The molecule has 0 fully saturated rings. The van der Waals surface area contributed by atoms with Crippen molar-refractivity contribution in [1.29, 1.82) is 0 Å². The molecule has 2 aromatic rings. The topological polar surface area (TPSA) is 70.4 Å². The van der Waals surface area contributed by atoms with Crippen molar-refractivity contribution < 1.29 is 14.4 Å². The molecule has 0 saturated carbocycles. The van der Waals surface area contributed by atoms with Crippen LogP contribution in [-0.4, -0.2) is 14.8 Å². The summed E-state index contributed by atoms with van der Waals surface area (Å²) in [6.45, 7) is 0. The van der Waals surface area contributed by atoms with Crippen molar-refractivity contribution in [2.75, 3.05) is 0 Å². The van der Waals surface area contributed by atoms with E-state index in [9.17, 15) is 14.4 Å². The maximum absolute atomic E-state index is 11.3. The van der Waals surface area contributed by atoms with Gasteiger partial charge in [0.05, 0.1) is 16.5 Å². The Morgan fingerprint density at radius 2 is 2.11 bits per heavy atom. The SMILES string of the molecule is O=P(O)(O)c1ccc2c(c1)-c1ncsc1CCC2. The molecule has 18 heavy (non-hydrogen) atoms. The minimum Gasteiger partial charge on any atom is -0.321 e. The number of nitrogens with zero attached hydrogens (tertiary/aromatic N) is 1. The number of aryl methyl sites for hydroxylation is 2. The number of aromatic nitrogens is 1. The Balaban J connectivity index is 2.22. The molecule has 3 rings (SSSR count). The first-order valence-corrected chi connectivity index (χ1v) is 8.16. The van der Waals surface area contributed by atoms with Gasteiger partial charge in [0.15, 0.2) is 0 Å². The predicted octanol–water partition coefficient (Wildman–Crippen LogP) is 2.10. The predicted molar refractivity (Wildman–Crippen MR) is 71.3 cm³/mol. The maximum Gasteiger partial charge on any atom is 0.356 e. The molecule has 94 valence electrons. The number of rotatable bonds is 1. The lowest BCUT2D eigenvalue weighted by Gasteiger charge is -2.09. The van der Waals surface area contributed by atoms with E-state index in [1.54, 1.807) is 22.9 Å². The standard InChI is InChI=1S/C12H12NO3PS/c14-17(15,16)9-5-4-8-2-1-3-11-12(10(8)6-9)13-7-18-11/h4-7H,1-3H2,(H2,14,15,16). The molecule has 1 aliphatic carbocycles. The molecule has 1 aromatic heterocycles. The first-order chi connectivity index (χ1) is 8.55. The molecule has 1 heterocycles. The Morgan fingerprint density at radius 3 is 2.89 bits per heavy atom. The van der Waals surface area contributed by atoms with Crippen molar-refractivity contribution in [2.24, 2.45) is 0 Å². The second-order valence-corrected chi connectivity index (χ2v) is 6.91. The molecule has 0 spiro atoms. The summed E-state index contributed by atoms with van der Waals surface area (Å²) >= 11 is 1.61. The second-order valence-electron chi connectivity index (χ2n) is 4.36. The van der Waals surface area contributed by atoms with Crippen LogP contribution in [0.25, 0.3) is 11.3 Å². The molecule has 2 N–H and O–H groups in total. The summed E-state index contributed by atoms with van der Waals surface area (Å²) in [5.41, 5.74) is 4.69. The summed E-state index contributed by atoms with van der Waals surface area (Å²) < 4.78 is 11.3. The quantitative estimate of drug-likeness (QED) is 0.785. The van der Waals surface area contributed by atoms with Crippen LogP contribution in [0, 0.1) is 0 Å². The molecule has 1 aliphatic rings. The lowest BCUT2D eigenvalue weighted by molar-refractivity contribution is 0.387. The molecule has 0 radical (unpaired) electrons. The molecule has 0 unspecified atom stereocenters. The van der Waals surface area contributed by atoms with E-state index < -0.39 is 7.60 Å². The van der Waals surface area contributed by atoms with Gasteiger partial charge < -0.3 is 9.79 Å². The van der Waals surface area contributed by atoms with E-state index in [4.69, 9.17) is 0 Å². The van der Waals surface area contributed by atoms with Crippen molar-refractivity contribution in [1.82, 2.24) is 4.98 Å². The Labute approximate surface area is 108 Å². The molecule has 0 amide bonds. The highest BCUT2D eigenvalue weighted by molar-refractivity contribution is 7.60. The summed E-state index contributed by atoms with van der Waals surface area (Å²) in [5, 5.41) is 0.0714. The van der Waals surface area contributed by atoms with Gasteiger partial charge in [0.2, 0.25) is 0 Å². The van der Waals surface area contributed by atoms with Gasteiger partial charge in [0.1, 0.15) is 0 Å². The molecule has 4 nitrogen and oxygen atoms in total. The van der Waals surface area contributed by atoms with Crippen LogP contribution in [0.1, 0.15) is 16.9 Å². The monoisotopic (exact) mass is 281 g/mol. The van der Waals surface area contributed by atoms with Crippen LogP contribution in [0.5, 0.6) is 0 Å². The minimum atomic E-state index is -4.20. The van der Waals surface area contributed by atoms with Gasteiger partial charge in [0, 0.05) is 10.4 Å². The molecular formula is C12H12NO3PS. The van der Waals surface area contributed by atoms with Gasteiger partial charge >= 0.3 is 7.60 Å². The molecule has 0 bridgehead atoms. The van der Waals surface area contributed by atoms with Crippen LogP contribution >= 0.6 is 18.9 Å². The van der Waals surface area contributed by atoms with Gasteiger partial charge in [-0.25, -0.2) is 4.98 Å². The van der Waals surface area contributed by atoms with Crippen LogP contribution in [-0.2, 0) is 17.4 Å². The molecule has 6 heteroatoms. The zero-order valence-corrected chi connectivity index (χ0v) is 11.2. The summed E-state index contributed by atoms with van der Waals surface area (Å²) in [6, 6.07) is 4.94. The first-order valence-electron chi connectivity index (χ1n) is 5.67. The van der Waals surface area contributed by atoms with Gasteiger partial charge in [0.25, 0.3) is 0 Å². The van der Waals surface area contributed by atoms with E-state index in [0.29, 0.717) is 0 Å². The summed E-state index contributed by atoms with van der Waals surface area (Å²) in [4.78, 5) is 24.1. The summed E-state index contributed by atoms with van der Waals surface area (Å²) in [7, 11) is -4.20. The van der Waals surface area contributed by atoms with Crippen LogP contribution < -0.4 is 5.30 Å². The first kappa shape index (κ1) is 12.1. The normalized spacial score (nSPS) is 14.8. The fourth-order valence-electron chi connectivity index (χ4n) is 2.29. The smallest absolute Gasteiger partial charge is 0.321 e. The van der Waals surface area contributed by atoms with Gasteiger partial charge in [-0.05, 0) is 37.0 Å². The van der Waals surface area contributed by atoms with Crippen molar-refractivity contribution in [3.63, 3.8) is 0 Å². The molecule has 0 saturated heterocycles. The average molecular weight is 281 g/mol. The molecule has 0 aliphatic heterocycles. The van der Waals surface area contributed by atoms with Gasteiger partial charge in [-0.15, -0.1) is 11.3 Å². The van der Waals surface area contributed by atoms with E-state index >= 15 is 0 Å². The Hall–Kier alpha value is -1.000. The fraction of sp³-hybridized carbons (Fsp3) is 0.250. The highest BCUT2D eigenvalue weighted by atomic mass is 32.1. The fourth-order valence-corrected chi connectivity index (χ4v) is 3.68. The van der Waals surface area contributed by atoms with Gasteiger partial charge in [-0.1, -0.05) is 6.07 Å². The molecular weight excluding hydrogens is 269 g/mol. The van der Waals surface area contributed by atoms with Crippen LogP contribution in [0.2, 0.25) is 0 Å². The zero-order valence-electron chi connectivity index (χ0n) is 9.54. The zero-order chi connectivity index (χ0) is 12.8. The van der Waals surface area contributed by atoms with Gasteiger partial charge in [-0.2, -0.15) is 0 Å². The van der Waals surface area contributed by atoms with Crippen molar-refractivity contribution in [2.45, 2.75) is 19.3 Å². The molecule has 1 aromatic carbocycles. The number of benzene rings is 1. The number of fused-ring (bicyclic) bond motifs is 3. The van der Waals surface area contributed by atoms with Gasteiger partial charge in [-0.3, -0.25) is 4.57 Å². The second kappa shape index (κ2) is 4.28. The summed E-state index contributed by atoms with van der Waals surface area (Å²) in [5.74, 6) is 0. The van der Waals surface area contributed by atoms with Crippen LogP contribution in [0.4, 0.5) is 0 Å². The third-order valence-corrected chi connectivity index (χ3v) is 5.02. The molecule has 0 atom stereocenters. The number of thiazole rings is 1. The Morgan fingerprint density at radius 1 is 1.28 bits per heavy atom. The number of hydrogen-bond donors (Lipinski definition) is 2. The van der Waals surface area contributed by atoms with Crippen LogP contribution in [0.15, 0.2) is 23.7 Å². The van der Waals surface area contributed by atoms with Crippen molar-refractivity contribution in [3.8, 4) is 11.3 Å². The van der Waals surface area contributed by atoms with E-state index in [-0.39, 0.29) is 5.30 Å². The lowest BCUT2D eigenvalue weighted by atomic mass is 10.0. The van der Waals surface area contributed by atoms with E-state index in [1.807, 2.05) is 6.07 Å². The minimum absolute atomic E-state index is 0.0714. The third-order valence-electron chi connectivity index (χ3n) is 3.18. The Bertz CT molecular complexity index is 647.